The van der Waals surface area contributed by atoms with Crippen molar-refractivity contribution in [3.63, 3.8) is 0 Å². The molecule has 0 aromatic carbocycles. The van der Waals surface area contributed by atoms with Crippen molar-refractivity contribution >= 4 is 0 Å². The van der Waals surface area contributed by atoms with E-state index in [4.69, 9.17) is 7.35 Å². The molecule has 0 aromatic heterocycles. The van der Waals surface area contributed by atoms with Gasteiger partial charge in [0.25, 0.3) is 0 Å². The number of fused-ring (bicyclic) bond motifs is 20. The molecule has 9 aliphatic rings. The summed E-state index contributed by atoms with van der Waals surface area (Å²) in [6.45, 7) is 0. The van der Waals surface area contributed by atoms with Gasteiger partial charge in [-0.25, -0.2) is 0 Å². The summed E-state index contributed by atoms with van der Waals surface area (Å²) >= 11 is -1.81. The third-order valence-corrected chi connectivity index (χ3v) is 13.9. The monoisotopic (exact) mass is 651 g/mol. The number of aliphatic hydroxyl groups is 1. The predicted octanol–water partition coefficient (Wildman–Crippen LogP) is 1.34. The average molecular weight is 652 g/mol. The van der Waals surface area contributed by atoms with Gasteiger partial charge >= 0.3 is 23.5 Å². The van der Waals surface area contributed by atoms with Gasteiger partial charge in [0.1, 0.15) is 0 Å². The summed E-state index contributed by atoms with van der Waals surface area (Å²) in [5.74, 6) is 4.87. The van der Waals surface area contributed by atoms with Crippen LogP contribution in [0.1, 0.15) is 96.3 Å². The van der Waals surface area contributed by atoms with Gasteiger partial charge in [-0.1, -0.05) is 44.9 Å². The minimum absolute atomic E-state index is 0.147. The van der Waals surface area contributed by atoms with Crippen molar-refractivity contribution in [1.29, 1.82) is 0 Å². The van der Waals surface area contributed by atoms with Crippen LogP contribution in [-0.4, -0.2) is 60.5 Å². The van der Waals surface area contributed by atoms with E-state index in [9.17, 15) is 5.11 Å². The van der Waals surface area contributed by atoms with E-state index >= 15 is 0 Å². The predicted molar refractivity (Wildman–Crippen MR) is 160 cm³/mol. The third kappa shape index (κ3) is 5.68. The average Bonchev–Trinajstić information content (AvgIpc) is 3.77. The molecule has 0 spiro atoms. The van der Waals surface area contributed by atoms with Crippen molar-refractivity contribution in [2.24, 2.45) is 47.3 Å². The van der Waals surface area contributed by atoms with Crippen molar-refractivity contribution in [1.82, 2.24) is 42.5 Å². The van der Waals surface area contributed by atoms with Gasteiger partial charge in [-0.05, 0) is 92.8 Å². The van der Waals surface area contributed by atoms with Crippen LogP contribution in [0.3, 0.4) is 0 Å². The van der Waals surface area contributed by atoms with Gasteiger partial charge in [0.05, 0.1) is 55.4 Å². The zero-order chi connectivity index (χ0) is 29.8. The maximum absolute atomic E-state index is 11.4. The summed E-state index contributed by atoms with van der Waals surface area (Å²) in [4.78, 5) is 0. The van der Waals surface area contributed by atoms with Gasteiger partial charge in [-0.15, -0.1) is 0 Å². The van der Waals surface area contributed by atoms with Gasteiger partial charge in [0.2, 0.25) is 0 Å². The van der Waals surface area contributed by atoms with Crippen molar-refractivity contribution in [2.75, 3.05) is 0 Å². The molecule has 9 fully saturated rings. The van der Waals surface area contributed by atoms with Crippen LogP contribution in [0, 0.1) is 47.3 Å². The van der Waals surface area contributed by atoms with Crippen LogP contribution in [0.15, 0.2) is 0 Å². The number of hydrogen-bond acceptors (Lipinski definition) is 11. The molecule has 9 rings (SSSR count). The molecule has 5 aliphatic heterocycles. The molecular weight excluding hydrogens is 595 g/mol. The summed E-state index contributed by atoms with van der Waals surface area (Å²) in [5, 5.41) is 44.6. The first-order chi connectivity index (χ1) is 21.6. The number of aliphatic hydroxyl groups excluding tert-OH is 1. The quantitative estimate of drug-likeness (QED) is 0.187. The SMILES string of the molecule is OC1CCCC2C3NC4NC(NC5NC(NC6NC(NC(N3)C12)C1CCCCC61)C1CCCCC51)C1CCCCC41.[O]=[V]=[O]. The van der Waals surface area contributed by atoms with Crippen LogP contribution in [0.2, 0.25) is 0 Å². The molecule has 17 atom stereocenters. The van der Waals surface area contributed by atoms with E-state index in [1.54, 1.807) is 0 Å². The summed E-state index contributed by atoms with van der Waals surface area (Å²) < 4.78 is 16.9. The van der Waals surface area contributed by atoms with Crippen LogP contribution < -0.4 is 42.5 Å². The molecular formula is C32H56N8O3V. The summed E-state index contributed by atoms with van der Waals surface area (Å²) in [6, 6.07) is 0. The zero-order valence-corrected chi connectivity index (χ0v) is 27.5. The molecule has 0 amide bonds. The van der Waals surface area contributed by atoms with E-state index in [-0.39, 0.29) is 24.4 Å². The zero-order valence-electron chi connectivity index (χ0n) is 26.1. The number of rotatable bonds is 0. The first kappa shape index (κ1) is 31.1. The Morgan fingerprint density at radius 2 is 0.614 bits per heavy atom. The second-order valence-electron chi connectivity index (χ2n) is 15.8. The molecule has 5 heterocycles. The Bertz CT molecular complexity index is 1050. The van der Waals surface area contributed by atoms with E-state index in [1.165, 1.54) is 83.5 Å². The summed E-state index contributed by atoms with van der Waals surface area (Å²) in [6.07, 6.45) is 21.7. The standard InChI is InChI=1S/C32H56N8O.2O.V/c41-23-15-7-14-22-24(23)32-39-30-21-13-6-5-12-20(21)28(37-30)35-26-17-9-2-1-8-16(17)25(33-26)34-27-18-10-3-4-11-19(18)29(36-27)38-31(22)40-32;;;/h16-41H,1-15H2;;;. The van der Waals surface area contributed by atoms with Gasteiger partial charge in [0.15, 0.2) is 0 Å². The fourth-order valence-electron chi connectivity index (χ4n) is 12.0. The van der Waals surface area contributed by atoms with E-state index in [2.05, 4.69) is 42.5 Å². The Balaban J connectivity index is 0.000000928. The Hall–Kier alpha value is -0.176. The Morgan fingerprint density at radius 1 is 0.364 bits per heavy atom. The van der Waals surface area contributed by atoms with Crippen molar-refractivity contribution in [3.05, 3.63) is 0 Å². The Kier molecular flexibility index (Phi) is 9.46. The Labute approximate surface area is 269 Å². The van der Waals surface area contributed by atoms with E-state index < -0.39 is 16.2 Å². The molecule has 4 aliphatic carbocycles. The van der Waals surface area contributed by atoms with Crippen LogP contribution in [-0.2, 0) is 23.5 Å². The van der Waals surface area contributed by atoms with Crippen molar-refractivity contribution < 1.29 is 28.6 Å². The van der Waals surface area contributed by atoms with Crippen LogP contribution in [0.25, 0.3) is 0 Å². The number of nitrogens with one attached hydrogen (secondary N) is 8. The van der Waals surface area contributed by atoms with E-state index in [0.717, 1.165) is 12.8 Å². The second-order valence-corrected chi connectivity index (χ2v) is 16.0. The third-order valence-electron chi connectivity index (χ3n) is 13.9. The van der Waals surface area contributed by atoms with Crippen LogP contribution in [0.5, 0.6) is 0 Å². The minimum atomic E-state index is -1.81. The van der Waals surface area contributed by atoms with Gasteiger partial charge in [-0.3, -0.25) is 42.5 Å². The molecule has 9 N–H and O–H groups in total. The van der Waals surface area contributed by atoms with E-state index in [0.29, 0.717) is 78.4 Å². The van der Waals surface area contributed by atoms with Gasteiger partial charge in [-0.2, -0.15) is 0 Å². The molecule has 0 aromatic rings. The molecule has 12 heteroatoms. The molecule has 5 saturated heterocycles. The molecule has 0 radical (unpaired) electrons. The first-order valence-electron chi connectivity index (χ1n) is 18.3. The first-order valence-corrected chi connectivity index (χ1v) is 19.5. The second kappa shape index (κ2) is 13.4. The summed E-state index contributed by atoms with van der Waals surface area (Å²) in [7, 11) is 0. The van der Waals surface area contributed by atoms with Crippen molar-refractivity contribution in [2.45, 2.75) is 152 Å². The van der Waals surface area contributed by atoms with Gasteiger partial charge < -0.3 is 5.11 Å². The number of hydrogen-bond donors (Lipinski definition) is 9. The maximum atomic E-state index is 11.4. The van der Waals surface area contributed by atoms with Crippen LogP contribution >= 0.6 is 0 Å². The molecule has 11 nitrogen and oxygen atoms in total. The van der Waals surface area contributed by atoms with Gasteiger partial charge in [0, 0.05) is 5.92 Å². The molecule has 247 valence electrons. The normalized spacial score (nSPS) is 54.5. The Morgan fingerprint density at radius 3 is 0.932 bits per heavy atom. The van der Waals surface area contributed by atoms with E-state index in [1.807, 2.05) is 0 Å². The molecule has 17 unspecified atom stereocenters. The summed E-state index contributed by atoms with van der Waals surface area (Å²) in [5.41, 5.74) is 0. The fourth-order valence-corrected chi connectivity index (χ4v) is 12.0. The molecule has 44 heavy (non-hydrogen) atoms. The topological polar surface area (TPSA) is 151 Å². The molecule has 4 saturated carbocycles. The van der Waals surface area contributed by atoms with Crippen LogP contribution in [0.4, 0.5) is 0 Å². The fraction of sp³-hybridized carbons (Fsp3) is 1.00. The molecule has 8 bridgehead atoms. The van der Waals surface area contributed by atoms with Crippen molar-refractivity contribution in [3.8, 4) is 0 Å².